The van der Waals surface area contributed by atoms with Crippen LogP contribution < -0.4 is 0 Å². The van der Waals surface area contributed by atoms with Gasteiger partial charge in [0.1, 0.15) is 0 Å². The molecule has 2 aliphatic heterocycles. The summed E-state index contributed by atoms with van der Waals surface area (Å²) in [6, 6.07) is 18.4. The van der Waals surface area contributed by atoms with Crippen molar-refractivity contribution < 1.29 is 4.79 Å². The molecule has 2 aromatic carbocycles. The highest BCUT2D eigenvalue weighted by atomic mass is 16.2. The lowest BCUT2D eigenvalue weighted by Crippen LogP contribution is -2.36. The number of carbonyl (C=O) groups is 1. The first-order valence-electron chi connectivity index (χ1n) is 10.8. The molecular formula is C25H28N4O. The summed E-state index contributed by atoms with van der Waals surface area (Å²) in [5.41, 5.74) is 4.20. The number of aromatic nitrogens is 2. The minimum absolute atomic E-state index is 0.120. The normalized spacial score (nSPS) is 23.7. The van der Waals surface area contributed by atoms with Crippen LogP contribution in [0.2, 0.25) is 0 Å². The van der Waals surface area contributed by atoms with E-state index in [1.54, 1.807) is 10.9 Å². The van der Waals surface area contributed by atoms with Crippen molar-refractivity contribution in [3.63, 3.8) is 0 Å². The molecule has 0 spiro atoms. The van der Waals surface area contributed by atoms with E-state index in [4.69, 9.17) is 0 Å². The second-order valence-electron chi connectivity index (χ2n) is 8.54. The van der Waals surface area contributed by atoms with Gasteiger partial charge in [-0.2, -0.15) is 5.10 Å². The maximum atomic E-state index is 13.7. The Hall–Kier alpha value is -2.92. The average Bonchev–Trinajstić information content (AvgIpc) is 3.50. The van der Waals surface area contributed by atoms with E-state index in [1.165, 1.54) is 11.1 Å². The Morgan fingerprint density at radius 2 is 1.93 bits per heavy atom. The van der Waals surface area contributed by atoms with Crippen LogP contribution >= 0.6 is 0 Å². The van der Waals surface area contributed by atoms with Crippen LogP contribution in [0.4, 0.5) is 0 Å². The number of nitrogens with zero attached hydrogens (tertiary/aromatic N) is 4. The molecule has 5 nitrogen and oxygen atoms in total. The first-order valence-corrected chi connectivity index (χ1v) is 10.8. The van der Waals surface area contributed by atoms with Crippen molar-refractivity contribution in [3.05, 3.63) is 83.7 Å². The lowest BCUT2D eigenvalue weighted by atomic mass is 9.87. The van der Waals surface area contributed by atoms with Crippen LogP contribution in [0.15, 0.2) is 67.0 Å². The van der Waals surface area contributed by atoms with Gasteiger partial charge in [0.25, 0.3) is 5.91 Å². The predicted molar refractivity (Wildman–Crippen MR) is 118 cm³/mol. The third kappa shape index (κ3) is 3.23. The van der Waals surface area contributed by atoms with Gasteiger partial charge in [0.2, 0.25) is 0 Å². The zero-order valence-corrected chi connectivity index (χ0v) is 17.6. The summed E-state index contributed by atoms with van der Waals surface area (Å²) >= 11 is 0. The molecule has 0 aliphatic carbocycles. The van der Waals surface area contributed by atoms with E-state index in [-0.39, 0.29) is 11.9 Å². The molecule has 3 aromatic rings. The maximum absolute atomic E-state index is 13.7. The second kappa shape index (κ2) is 7.73. The van der Waals surface area contributed by atoms with Gasteiger partial charge in [-0.05, 0) is 54.8 Å². The summed E-state index contributed by atoms with van der Waals surface area (Å²) in [6.07, 6.45) is 3.66. The summed E-state index contributed by atoms with van der Waals surface area (Å²) in [7, 11) is 0. The van der Waals surface area contributed by atoms with Gasteiger partial charge in [-0.15, -0.1) is 0 Å². The molecule has 0 radical (unpaired) electrons. The van der Waals surface area contributed by atoms with Gasteiger partial charge in [0, 0.05) is 43.5 Å². The second-order valence-corrected chi connectivity index (χ2v) is 8.54. The zero-order valence-electron chi connectivity index (χ0n) is 17.6. The van der Waals surface area contributed by atoms with Crippen LogP contribution in [-0.2, 0) is 0 Å². The highest BCUT2D eigenvalue weighted by Crippen LogP contribution is 2.46. The molecule has 30 heavy (non-hydrogen) atoms. The monoisotopic (exact) mass is 400 g/mol. The fraction of sp³-hybridized carbons (Fsp3) is 0.360. The Labute approximate surface area is 177 Å². The lowest BCUT2D eigenvalue weighted by molar-refractivity contribution is 0.0701. The third-order valence-electron chi connectivity index (χ3n) is 6.82. The van der Waals surface area contributed by atoms with Crippen molar-refractivity contribution in [2.24, 2.45) is 11.8 Å². The minimum Gasteiger partial charge on any atom is -0.331 e. The van der Waals surface area contributed by atoms with Crippen molar-refractivity contribution in [2.45, 2.75) is 19.9 Å². The first-order chi connectivity index (χ1) is 14.7. The lowest BCUT2D eigenvalue weighted by Gasteiger charge is -2.31. The topological polar surface area (TPSA) is 41.4 Å². The number of hydrogen-bond acceptors (Lipinski definition) is 3. The molecule has 2 saturated heterocycles. The molecule has 1 aromatic heterocycles. The fourth-order valence-corrected chi connectivity index (χ4v) is 5.29. The summed E-state index contributed by atoms with van der Waals surface area (Å²) in [4.78, 5) is 18.4. The van der Waals surface area contributed by atoms with Crippen molar-refractivity contribution in [1.29, 1.82) is 0 Å². The van der Waals surface area contributed by atoms with Crippen LogP contribution in [0.5, 0.6) is 0 Å². The Morgan fingerprint density at radius 1 is 1.07 bits per heavy atom. The highest BCUT2D eigenvalue weighted by Gasteiger charge is 2.49. The van der Waals surface area contributed by atoms with Crippen LogP contribution in [0.3, 0.4) is 0 Å². The number of aryl methyl sites for hydroxylation is 1. The van der Waals surface area contributed by atoms with Gasteiger partial charge in [-0.25, -0.2) is 4.68 Å². The number of benzene rings is 2. The first kappa shape index (κ1) is 19.1. The van der Waals surface area contributed by atoms with E-state index >= 15 is 0 Å². The molecule has 154 valence electrons. The van der Waals surface area contributed by atoms with Gasteiger partial charge in [0.05, 0.1) is 11.7 Å². The van der Waals surface area contributed by atoms with E-state index in [0.29, 0.717) is 11.8 Å². The van der Waals surface area contributed by atoms with Gasteiger partial charge in [0.15, 0.2) is 0 Å². The quantitative estimate of drug-likeness (QED) is 0.666. The summed E-state index contributed by atoms with van der Waals surface area (Å²) < 4.78 is 1.80. The molecule has 0 N–H and O–H groups in total. The smallest absolute Gasteiger partial charge is 0.254 e. The maximum Gasteiger partial charge on any atom is 0.254 e. The van der Waals surface area contributed by atoms with E-state index in [2.05, 4.69) is 53.0 Å². The van der Waals surface area contributed by atoms with E-state index in [0.717, 1.165) is 37.4 Å². The molecule has 3 heterocycles. The largest absolute Gasteiger partial charge is 0.331 e. The van der Waals surface area contributed by atoms with E-state index < -0.39 is 0 Å². The number of likely N-dealkylation sites (tertiary alicyclic amines) is 2. The average molecular weight is 401 g/mol. The van der Waals surface area contributed by atoms with Crippen LogP contribution in [0.1, 0.15) is 34.5 Å². The van der Waals surface area contributed by atoms with Gasteiger partial charge in [-0.3, -0.25) is 4.79 Å². The summed E-state index contributed by atoms with van der Waals surface area (Å²) in [6.45, 7) is 8.44. The molecule has 3 atom stereocenters. The van der Waals surface area contributed by atoms with Crippen molar-refractivity contribution in [2.75, 3.05) is 26.2 Å². The van der Waals surface area contributed by atoms with Crippen molar-refractivity contribution >= 4 is 5.91 Å². The van der Waals surface area contributed by atoms with Gasteiger partial charge < -0.3 is 9.80 Å². The molecule has 0 bridgehead atoms. The third-order valence-corrected chi connectivity index (χ3v) is 6.82. The Balaban J connectivity index is 1.50. The molecule has 1 amide bonds. The molecule has 2 aliphatic rings. The number of hydrogen-bond donors (Lipinski definition) is 0. The SMILES string of the molecule is CCN1C[C@H]2CN(C(=O)c3cccc(-n4cccn4)c3)[C@H](c3ccccc3C)[C@H]2C1. The number of amides is 1. The van der Waals surface area contributed by atoms with Gasteiger partial charge in [-0.1, -0.05) is 37.3 Å². The highest BCUT2D eigenvalue weighted by molar-refractivity contribution is 5.95. The summed E-state index contributed by atoms with van der Waals surface area (Å²) in [5.74, 6) is 1.15. The molecule has 5 heteroatoms. The molecule has 0 unspecified atom stereocenters. The van der Waals surface area contributed by atoms with Crippen LogP contribution in [-0.4, -0.2) is 51.7 Å². The Bertz CT molecular complexity index is 1040. The molecule has 5 rings (SSSR count). The van der Waals surface area contributed by atoms with Gasteiger partial charge >= 0.3 is 0 Å². The van der Waals surface area contributed by atoms with Crippen molar-refractivity contribution in [1.82, 2.24) is 19.6 Å². The number of fused-ring (bicyclic) bond motifs is 1. The molecule has 2 fully saturated rings. The van der Waals surface area contributed by atoms with E-state index in [9.17, 15) is 4.79 Å². The number of rotatable bonds is 4. The fourth-order valence-electron chi connectivity index (χ4n) is 5.29. The summed E-state index contributed by atoms with van der Waals surface area (Å²) in [5, 5.41) is 4.31. The standard InChI is InChI=1S/C25H28N4O/c1-3-27-15-20-16-28(24(23(20)17-27)22-11-5-4-8-18(22)2)25(30)19-9-6-10-21(14-19)29-13-7-12-26-29/h4-14,20,23-24H,3,15-17H2,1-2H3/t20-,23-,24+/m0/s1. The van der Waals surface area contributed by atoms with E-state index in [1.807, 2.05) is 36.5 Å². The molecule has 0 saturated carbocycles. The Morgan fingerprint density at radius 3 is 2.70 bits per heavy atom. The molecular weight excluding hydrogens is 372 g/mol. The Kier molecular flexibility index (Phi) is 4.91. The predicted octanol–water partition coefficient (Wildman–Crippen LogP) is 3.95. The zero-order chi connectivity index (χ0) is 20.7. The number of carbonyl (C=O) groups excluding carboxylic acids is 1. The van der Waals surface area contributed by atoms with Crippen LogP contribution in [0.25, 0.3) is 5.69 Å². The van der Waals surface area contributed by atoms with Crippen molar-refractivity contribution in [3.8, 4) is 5.69 Å². The van der Waals surface area contributed by atoms with Crippen LogP contribution in [0, 0.1) is 18.8 Å². The minimum atomic E-state index is 0.120.